The Bertz CT molecular complexity index is 496. The van der Waals surface area contributed by atoms with Crippen LogP contribution in [-0.2, 0) is 9.59 Å². The van der Waals surface area contributed by atoms with Gasteiger partial charge in [-0.1, -0.05) is 20.8 Å². The number of amides is 1. The van der Waals surface area contributed by atoms with Crippen LogP contribution in [0.25, 0.3) is 0 Å². The van der Waals surface area contributed by atoms with Crippen LogP contribution >= 0.6 is 0 Å². The van der Waals surface area contributed by atoms with E-state index in [1.807, 2.05) is 4.90 Å². The van der Waals surface area contributed by atoms with Crippen molar-refractivity contribution >= 4 is 11.7 Å². The number of hydrogen-bond acceptors (Lipinski definition) is 4. The van der Waals surface area contributed by atoms with E-state index in [0.29, 0.717) is 26.1 Å². The zero-order valence-electron chi connectivity index (χ0n) is 14.0. The predicted octanol–water partition coefficient (Wildman–Crippen LogP) is 0.908. The Labute approximate surface area is 132 Å². The van der Waals surface area contributed by atoms with E-state index in [9.17, 15) is 9.59 Å². The summed E-state index contributed by atoms with van der Waals surface area (Å²) in [7, 11) is 0. The third-order valence-corrected chi connectivity index (χ3v) is 7.19. The minimum absolute atomic E-state index is 0.164. The molecule has 124 valence electrons. The lowest BCUT2D eigenvalue weighted by Gasteiger charge is -2.44. The van der Waals surface area contributed by atoms with Crippen LogP contribution in [0.5, 0.6) is 0 Å². The third-order valence-electron chi connectivity index (χ3n) is 7.19. The Kier molecular flexibility index (Phi) is 3.64. The van der Waals surface area contributed by atoms with Crippen molar-refractivity contribution in [3.05, 3.63) is 0 Å². The standard InChI is InChI=1S/C17H28N2O3/c1-15(2)16(3)4-5-17(15,12-13(16)21)14(22)19-8-6-18(7-9-19)10-11-20/h20H,4-12H2,1-3H3/t16-,17-/m0/s1. The number of carbonyl (C=O) groups excluding carboxylic acids is 2. The molecule has 3 aliphatic rings. The number of nitrogens with zero attached hydrogens (tertiary/aromatic N) is 2. The van der Waals surface area contributed by atoms with E-state index in [-0.39, 0.29) is 29.1 Å². The van der Waals surface area contributed by atoms with Crippen LogP contribution in [-0.4, -0.2) is 65.9 Å². The Morgan fingerprint density at radius 2 is 1.77 bits per heavy atom. The molecule has 2 atom stereocenters. The van der Waals surface area contributed by atoms with Gasteiger partial charge in [0.15, 0.2) is 0 Å². The van der Waals surface area contributed by atoms with Crippen LogP contribution < -0.4 is 0 Å². The van der Waals surface area contributed by atoms with Crippen LogP contribution in [0.2, 0.25) is 0 Å². The first-order valence-electron chi connectivity index (χ1n) is 8.44. The molecule has 1 N–H and O–H groups in total. The van der Waals surface area contributed by atoms with Gasteiger partial charge in [-0.15, -0.1) is 0 Å². The number of aliphatic hydroxyl groups excluding tert-OH is 1. The van der Waals surface area contributed by atoms with Gasteiger partial charge in [-0.3, -0.25) is 14.5 Å². The molecule has 5 nitrogen and oxygen atoms in total. The van der Waals surface area contributed by atoms with Gasteiger partial charge in [0, 0.05) is 44.6 Å². The van der Waals surface area contributed by atoms with Crippen molar-refractivity contribution in [3.8, 4) is 0 Å². The molecular weight excluding hydrogens is 280 g/mol. The minimum atomic E-state index is -0.488. The highest BCUT2D eigenvalue weighted by Crippen LogP contribution is 2.71. The Hall–Kier alpha value is -0.940. The molecule has 0 unspecified atom stereocenters. The monoisotopic (exact) mass is 308 g/mol. The fraction of sp³-hybridized carbons (Fsp3) is 0.882. The van der Waals surface area contributed by atoms with Crippen LogP contribution in [0.4, 0.5) is 0 Å². The largest absolute Gasteiger partial charge is 0.395 e. The van der Waals surface area contributed by atoms with Crippen molar-refractivity contribution in [2.24, 2.45) is 16.2 Å². The van der Waals surface area contributed by atoms with Crippen LogP contribution in [0.3, 0.4) is 0 Å². The molecular formula is C17H28N2O3. The molecule has 0 radical (unpaired) electrons. The Morgan fingerprint density at radius 3 is 2.23 bits per heavy atom. The minimum Gasteiger partial charge on any atom is -0.395 e. The molecule has 1 aliphatic heterocycles. The van der Waals surface area contributed by atoms with Gasteiger partial charge in [-0.05, 0) is 18.3 Å². The van der Waals surface area contributed by atoms with Crippen molar-refractivity contribution < 1.29 is 14.7 Å². The maximum absolute atomic E-state index is 13.3. The highest BCUT2D eigenvalue weighted by atomic mass is 16.3. The third kappa shape index (κ3) is 1.84. The van der Waals surface area contributed by atoms with E-state index in [2.05, 4.69) is 25.7 Å². The Morgan fingerprint density at radius 1 is 1.14 bits per heavy atom. The highest BCUT2D eigenvalue weighted by molar-refractivity contribution is 5.99. The molecule has 0 aromatic heterocycles. The van der Waals surface area contributed by atoms with Crippen molar-refractivity contribution in [2.75, 3.05) is 39.3 Å². The molecule has 2 saturated carbocycles. The quantitative estimate of drug-likeness (QED) is 0.842. The number of piperazine rings is 1. The highest BCUT2D eigenvalue weighted by Gasteiger charge is 2.73. The Balaban J connectivity index is 1.77. The van der Waals surface area contributed by atoms with Gasteiger partial charge in [0.05, 0.1) is 12.0 Å². The molecule has 1 saturated heterocycles. The van der Waals surface area contributed by atoms with Crippen LogP contribution in [0.15, 0.2) is 0 Å². The fourth-order valence-electron chi connectivity index (χ4n) is 4.95. The fourth-order valence-corrected chi connectivity index (χ4v) is 4.95. The summed E-state index contributed by atoms with van der Waals surface area (Å²) in [5.74, 6) is 0.465. The zero-order chi connectivity index (χ0) is 16.2. The molecule has 1 heterocycles. The summed E-state index contributed by atoms with van der Waals surface area (Å²) in [6, 6.07) is 0. The van der Waals surface area contributed by atoms with Gasteiger partial charge in [-0.25, -0.2) is 0 Å². The number of hydrogen-bond donors (Lipinski definition) is 1. The number of carbonyl (C=O) groups is 2. The average Bonchev–Trinajstić information content (AvgIpc) is 2.78. The molecule has 1 amide bonds. The van der Waals surface area contributed by atoms with Crippen molar-refractivity contribution in [3.63, 3.8) is 0 Å². The van der Waals surface area contributed by atoms with E-state index in [0.717, 1.165) is 25.9 Å². The number of fused-ring (bicyclic) bond motifs is 2. The van der Waals surface area contributed by atoms with E-state index in [4.69, 9.17) is 5.11 Å². The SMILES string of the molecule is CC1(C)[C@@]2(C(=O)N3CCN(CCO)CC3)CC[C@@]1(C)C(=O)C2. The van der Waals surface area contributed by atoms with E-state index in [1.165, 1.54) is 0 Å². The number of ketones is 1. The topological polar surface area (TPSA) is 60.9 Å². The smallest absolute Gasteiger partial charge is 0.229 e. The van der Waals surface area contributed by atoms with Crippen LogP contribution in [0, 0.1) is 16.2 Å². The zero-order valence-corrected chi connectivity index (χ0v) is 14.0. The summed E-state index contributed by atoms with van der Waals surface area (Å²) < 4.78 is 0. The number of rotatable bonds is 3. The van der Waals surface area contributed by atoms with Crippen LogP contribution in [0.1, 0.15) is 40.0 Å². The molecule has 0 aromatic carbocycles. The van der Waals surface area contributed by atoms with E-state index in [1.54, 1.807) is 0 Å². The lowest BCUT2D eigenvalue weighted by Crippen LogP contribution is -2.55. The van der Waals surface area contributed by atoms with E-state index >= 15 is 0 Å². The lowest BCUT2D eigenvalue weighted by atomic mass is 9.64. The van der Waals surface area contributed by atoms with E-state index < -0.39 is 5.41 Å². The maximum atomic E-state index is 13.3. The average molecular weight is 308 g/mol. The van der Waals surface area contributed by atoms with Gasteiger partial charge >= 0.3 is 0 Å². The normalized spacial score (nSPS) is 37.8. The first-order valence-corrected chi connectivity index (χ1v) is 8.44. The first-order chi connectivity index (χ1) is 10.3. The summed E-state index contributed by atoms with van der Waals surface area (Å²) in [4.78, 5) is 29.9. The predicted molar refractivity (Wildman–Crippen MR) is 83.3 cm³/mol. The lowest BCUT2D eigenvalue weighted by molar-refractivity contribution is -0.149. The summed E-state index contributed by atoms with van der Waals surface area (Å²) in [5.41, 5.74) is -1.07. The summed E-state index contributed by atoms with van der Waals surface area (Å²) in [6.07, 6.45) is 2.11. The van der Waals surface area contributed by atoms with Gasteiger partial charge < -0.3 is 10.0 Å². The molecule has 22 heavy (non-hydrogen) atoms. The molecule has 2 aliphatic carbocycles. The van der Waals surface area contributed by atoms with Crippen molar-refractivity contribution in [1.82, 2.24) is 9.80 Å². The summed E-state index contributed by atoms with van der Waals surface area (Å²) in [5, 5.41) is 9.02. The molecule has 5 heteroatoms. The van der Waals surface area contributed by atoms with Gasteiger partial charge in [0.25, 0.3) is 0 Å². The summed E-state index contributed by atoms with van der Waals surface area (Å²) in [6.45, 7) is 10.2. The summed E-state index contributed by atoms with van der Waals surface area (Å²) >= 11 is 0. The molecule has 3 rings (SSSR count). The van der Waals surface area contributed by atoms with Crippen molar-refractivity contribution in [2.45, 2.75) is 40.0 Å². The maximum Gasteiger partial charge on any atom is 0.229 e. The molecule has 2 bridgehead atoms. The van der Waals surface area contributed by atoms with Crippen molar-refractivity contribution in [1.29, 1.82) is 0 Å². The first kappa shape index (κ1) is 15.9. The van der Waals surface area contributed by atoms with Gasteiger partial charge in [0.2, 0.25) is 5.91 Å². The second-order valence-electron chi connectivity index (χ2n) is 8.00. The number of Topliss-reactive ketones (excluding diaryl/α,β-unsaturated/α-hetero) is 1. The van der Waals surface area contributed by atoms with Gasteiger partial charge in [0.1, 0.15) is 5.78 Å². The number of β-amino-alcohol motifs (C(OH)–C–C–N with tert-alkyl or cyclic N) is 1. The molecule has 0 spiro atoms. The van der Waals surface area contributed by atoms with Gasteiger partial charge in [-0.2, -0.15) is 0 Å². The molecule has 3 fully saturated rings. The second-order valence-corrected chi connectivity index (χ2v) is 8.00. The molecule has 0 aromatic rings. The number of aliphatic hydroxyl groups is 1. The second kappa shape index (κ2) is 5.03.